The van der Waals surface area contributed by atoms with Crippen molar-refractivity contribution in [2.45, 2.75) is 13.5 Å². The van der Waals surface area contributed by atoms with Crippen molar-refractivity contribution in [1.29, 1.82) is 0 Å². The molecule has 108 valence electrons. The van der Waals surface area contributed by atoms with Crippen molar-refractivity contribution in [3.05, 3.63) is 69.3 Å². The minimum absolute atomic E-state index is 0.0357. The summed E-state index contributed by atoms with van der Waals surface area (Å²) in [5.41, 5.74) is 1.01. The summed E-state index contributed by atoms with van der Waals surface area (Å²) in [4.78, 5) is 22.2. The van der Waals surface area contributed by atoms with Crippen molar-refractivity contribution in [3.8, 4) is 5.75 Å². The average Bonchev–Trinajstić information content (AvgIpc) is 2.47. The highest BCUT2D eigenvalue weighted by Crippen LogP contribution is 2.22. The molecule has 0 bridgehead atoms. The standard InChI is InChI=1S/C15H13NO5/c1-10-6-7-14(17)12(8-10)15(18)21-9-11-4-2-3-5-13(11)16(19)20/h2-8,17H,9H2,1H3. The molecule has 0 amide bonds. The summed E-state index contributed by atoms with van der Waals surface area (Å²) in [6, 6.07) is 10.6. The van der Waals surface area contributed by atoms with Crippen molar-refractivity contribution in [2.75, 3.05) is 0 Å². The fourth-order valence-corrected chi connectivity index (χ4v) is 1.85. The van der Waals surface area contributed by atoms with E-state index in [4.69, 9.17) is 4.74 Å². The second-order valence-electron chi connectivity index (χ2n) is 4.48. The van der Waals surface area contributed by atoms with Crippen molar-refractivity contribution >= 4 is 11.7 Å². The molecule has 2 aromatic rings. The first-order valence-electron chi connectivity index (χ1n) is 6.18. The Morgan fingerprint density at radius 2 is 2.00 bits per heavy atom. The van der Waals surface area contributed by atoms with Crippen molar-refractivity contribution < 1.29 is 19.6 Å². The summed E-state index contributed by atoms with van der Waals surface area (Å²) in [5.74, 6) is -0.914. The number of aryl methyl sites for hydroxylation is 1. The molecule has 0 atom stereocenters. The molecule has 21 heavy (non-hydrogen) atoms. The second kappa shape index (κ2) is 6.04. The van der Waals surface area contributed by atoms with E-state index in [-0.39, 0.29) is 23.6 Å². The molecule has 6 heteroatoms. The third-order valence-electron chi connectivity index (χ3n) is 2.92. The fourth-order valence-electron chi connectivity index (χ4n) is 1.85. The lowest BCUT2D eigenvalue weighted by Crippen LogP contribution is -2.07. The van der Waals surface area contributed by atoms with Gasteiger partial charge in [0.05, 0.1) is 10.5 Å². The van der Waals surface area contributed by atoms with Crippen LogP contribution in [0.5, 0.6) is 5.75 Å². The summed E-state index contributed by atoms with van der Waals surface area (Å²) >= 11 is 0. The number of ether oxygens (including phenoxy) is 1. The maximum atomic E-state index is 11.9. The number of rotatable bonds is 4. The SMILES string of the molecule is Cc1ccc(O)c(C(=O)OCc2ccccc2[N+](=O)[O-])c1. The van der Waals surface area contributed by atoms with E-state index >= 15 is 0 Å². The van der Waals surface area contributed by atoms with E-state index in [9.17, 15) is 20.0 Å². The number of phenolic OH excluding ortho intramolecular Hbond substituents is 1. The Balaban J connectivity index is 2.15. The first kappa shape index (κ1) is 14.5. The van der Waals surface area contributed by atoms with Crippen molar-refractivity contribution in [1.82, 2.24) is 0 Å². The average molecular weight is 287 g/mol. The van der Waals surface area contributed by atoms with Gasteiger partial charge in [0, 0.05) is 6.07 Å². The molecule has 0 saturated heterocycles. The van der Waals surface area contributed by atoms with Gasteiger partial charge in [-0.3, -0.25) is 10.1 Å². The van der Waals surface area contributed by atoms with Crippen LogP contribution in [0.4, 0.5) is 5.69 Å². The number of nitro groups is 1. The van der Waals surface area contributed by atoms with Crippen LogP contribution in [0.25, 0.3) is 0 Å². The van der Waals surface area contributed by atoms with Gasteiger partial charge in [-0.1, -0.05) is 23.8 Å². The molecule has 0 radical (unpaired) electrons. The number of nitrogens with zero attached hydrogens (tertiary/aromatic N) is 1. The normalized spacial score (nSPS) is 10.1. The van der Waals surface area contributed by atoms with E-state index in [0.717, 1.165) is 5.56 Å². The monoisotopic (exact) mass is 287 g/mol. The summed E-state index contributed by atoms with van der Waals surface area (Å²) in [6.45, 7) is 1.54. The molecule has 2 aromatic carbocycles. The lowest BCUT2D eigenvalue weighted by molar-refractivity contribution is -0.385. The van der Waals surface area contributed by atoms with Crippen LogP contribution in [-0.2, 0) is 11.3 Å². The van der Waals surface area contributed by atoms with E-state index in [1.165, 1.54) is 30.3 Å². The summed E-state index contributed by atoms with van der Waals surface area (Å²) in [5, 5.41) is 20.5. The predicted molar refractivity (Wildman–Crippen MR) is 75.1 cm³/mol. The summed E-state index contributed by atoms with van der Waals surface area (Å²) < 4.78 is 5.04. The predicted octanol–water partition coefficient (Wildman–Crippen LogP) is 2.97. The van der Waals surface area contributed by atoms with Gasteiger partial charge in [-0.2, -0.15) is 0 Å². The number of phenols is 1. The third-order valence-corrected chi connectivity index (χ3v) is 2.92. The van der Waals surface area contributed by atoms with Gasteiger partial charge >= 0.3 is 5.97 Å². The Bertz CT molecular complexity index is 696. The molecule has 0 aromatic heterocycles. The molecule has 2 rings (SSSR count). The molecule has 0 aliphatic rings. The smallest absolute Gasteiger partial charge is 0.342 e. The number of carbonyl (C=O) groups is 1. The quantitative estimate of drug-likeness (QED) is 0.530. The molecule has 0 aliphatic heterocycles. The number of hydrogen-bond donors (Lipinski definition) is 1. The minimum Gasteiger partial charge on any atom is -0.507 e. The highest BCUT2D eigenvalue weighted by molar-refractivity contribution is 5.92. The van der Waals surface area contributed by atoms with Gasteiger partial charge in [0.2, 0.25) is 0 Å². The Morgan fingerprint density at radius 1 is 1.29 bits per heavy atom. The zero-order chi connectivity index (χ0) is 15.4. The number of hydrogen-bond acceptors (Lipinski definition) is 5. The van der Waals surface area contributed by atoms with Crippen LogP contribution in [0, 0.1) is 17.0 Å². The van der Waals surface area contributed by atoms with Crippen molar-refractivity contribution in [2.24, 2.45) is 0 Å². The van der Waals surface area contributed by atoms with Crippen LogP contribution >= 0.6 is 0 Å². The summed E-state index contributed by atoms with van der Waals surface area (Å²) in [7, 11) is 0. The molecular formula is C15H13NO5. The van der Waals surface area contributed by atoms with E-state index in [1.807, 2.05) is 0 Å². The topological polar surface area (TPSA) is 89.7 Å². The van der Waals surface area contributed by atoms with Gasteiger partial charge in [-0.05, 0) is 25.1 Å². The molecule has 1 N–H and O–H groups in total. The van der Waals surface area contributed by atoms with Crippen LogP contribution < -0.4 is 0 Å². The zero-order valence-corrected chi connectivity index (χ0v) is 11.3. The van der Waals surface area contributed by atoms with Crippen LogP contribution in [0.1, 0.15) is 21.5 Å². The number of para-hydroxylation sites is 1. The molecule has 0 spiro atoms. The lowest BCUT2D eigenvalue weighted by atomic mass is 10.1. The van der Waals surface area contributed by atoms with Gasteiger partial charge < -0.3 is 9.84 Å². The highest BCUT2D eigenvalue weighted by Gasteiger charge is 2.17. The minimum atomic E-state index is -0.727. The first-order chi connectivity index (χ1) is 9.99. The highest BCUT2D eigenvalue weighted by atomic mass is 16.6. The number of esters is 1. The molecule has 0 aliphatic carbocycles. The van der Waals surface area contributed by atoms with Gasteiger partial charge in [-0.25, -0.2) is 4.79 Å². The van der Waals surface area contributed by atoms with Gasteiger partial charge in [-0.15, -0.1) is 0 Å². The molecule has 0 unspecified atom stereocenters. The lowest BCUT2D eigenvalue weighted by Gasteiger charge is -2.07. The Morgan fingerprint density at radius 3 is 2.71 bits per heavy atom. The molecule has 0 saturated carbocycles. The Kier molecular flexibility index (Phi) is 4.18. The van der Waals surface area contributed by atoms with Crippen LogP contribution in [0.3, 0.4) is 0 Å². The van der Waals surface area contributed by atoms with Crippen LogP contribution in [0.15, 0.2) is 42.5 Å². The van der Waals surface area contributed by atoms with Crippen molar-refractivity contribution in [3.63, 3.8) is 0 Å². The van der Waals surface area contributed by atoms with E-state index in [0.29, 0.717) is 5.56 Å². The second-order valence-corrected chi connectivity index (χ2v) is 4.48. The first-order valence-corrected chi connectivity index (χ1v) is 6.18. The number of aromatic hydroxyl groups is 1. The zero-order valence-electron chi connectivity index (χ0n) is 11.3. The number of carbonyl (C=O) groups excluding carboxylic acids is 1. The van der Waals surface area contributed by atoms with E-state index < -0.39 is 10.9 Å². The number of nitro benzene ring substituents is 1. The maximum absolute atomic E-state index is 11.9. The number of benzene rings is 2. The van der Waals surface area contributed by atoms with Gasteiger partial charge in [0.15, 0.2) is 0 Å². The van der Waals surface area contributed by atoms with Gasteiger partial charge in [0.25, 0.3) is 5.69 Å². The molecule has 6 nitrogen and oxygen atoms in total. The van der Waals surface area contributed by atoms with Gasteiger partial charge in [0.1, 0.15) is 17.9 Å². The van der Waals surface area contributed by atoms with Crippen LogP contribution in [-0.4, -0.2) is 16.0 Å². The van der Waals surface area contributed by atoms with E-state index in [2.05, 4.69) is 0 Å². The molecule has 0 fully saturated rings. The van der Waals surface area contributed by atoms with Crippen LogP contribution in [0.2, 0.25) is 0 Å². The summed E-state index contributed by atoms with van der Waals surface area (Å²) in [6.07, 6.45) is 0. The molecular weight excluding hydrogens is 274 g/mol. The fraction of sp³-hybridized carbons (Fsp3) is 0.133. The third kappa shape index (κ3) is 3.36. The Hall–Kier alpha value is -2.89. The largest absolute Gasteiger partial charge is 0.507 e. The molecule has 0 heterocycles. The Labute approximate surface area is 120 Å². The van der Waals surface area contributed by atoms with E-state index in [1.54, 1.807) is 19.1 Å². The maximum Gasteiger partial charge on any atom is 0.342 e.